The van der Waals surface area contributed by atoms with Gasteiger partial charge in [-0.3, -0.25) is 9.59 Å². The molecule has 2 rings (SSSR count). The fourth-order valence-corrected chi connectivity index (χ4v) is 2.12. The summed E-state index contributed by atoms with van der Waals surface area (Å²) in [6.45, 7) is 2.64. The Morgan fingerprint density at radius 3 is 2.54 bits per heavy atom. The van der Waals surface area contributed by atoms with Crippen LogP contribution >= 0.6 is 0 Å². The van der Waals surface area contributed by atoms with E-state index in [1.165, 1.54) is 6.21 Å². The summed E-state index contributed by atoms with van der Waals surface area (Å²) in [4.78, 5) is 23.5. The molecule has 2 aromatic carbocycles. The monoisotopic (exact) mass is 355 g/mol. The second kappa shape index (κ2) is 9.83. The quantitative estimate of drug-likeness (QED) is 0.451. The standard InChI is InChI=1S/C19H21N3O4/c1-3-26-17-11-15(9-10-16(17)25-2)13-21-22-19(24)18(23)20-12-14-7-5-4-6-8-14/h4-11,13H,3,12H2,1-2H3,(H,20,23)(H,22,24)/b21-13-. The Kier molecular flexibility index (Phi) is 7.17. The molecule has 0 saturated heterocycles. The van der Waals surface area contributed by atoms with Crippen LogP contribution in [-0.2, 0) is 16.1 Å². The van der Waals surface area contributed by atoms with Gasteiger partial charge in [-0.1, -0.05) is 30.3 Å². The minimum atomic E-state index is -0.837. The molecule has 0 aliphatic carbocycles. The van der Waals surface area contributed by atoms with Gasteiger partial charge in [0.15, 0.2) is 11.5 Å². The molecule has 2 N–H and O–H groups in total. The van der Waals surface area contributed by atoms with Crippen LogP contribution in [0.3, 0.4) is 0 Å². The Hall–Kier alpha value is -3.35. The number of methoxy groups -OCH3 is 1. The molecule has 0 saturated carbocycles. The highest BCUT2D eigenvalue weighted by Gasteiger charge is 2.11. The van der Waals surface area contributed by atoms with Gasteiger partial charge in [0.05, 0.1) is 19.9 Å². The maximum atomic E-state index is 11.7. The predicted octanol–water partition coefficient (Wildman–Crippen LogP) is 1.86. The zero-order valence-electron chi connectivity index (χ0n) is 14.7. The van der Waals surface area contributed by atoms with Gasteiger partial charge in [0, 0.05) is 6.54 Å². The van der Waals surface area contributed by atoms with E-state index in [9.17, 15) is 9.59 Å². The molecule has 0 atom stereocenters. The van der Waals surface area contributed by atoms with Gasteiger partial charge < -0.3 is 14.8 Å². The van der Waals surface area contributed by atoms with Crippen LogP contribution in [0, 0.1) is 0 Å². The molecule has 0 spiro atoms. The van der Waals surface area contributed by atoms with Crippen LogP contribution in [0.1, 0.15) is 18.1 Å². The summed E-state index contributed by atoms with van der Waals surface area (Å²) in [5.41, 5.74) is 3.79. The van der Waals surface area contributed by atoms with E-state index in [0.717, 1.165) is 5.56 Å². The molecule has 7 heteroatoms. The number of nitrogens with one attached hydrogen (secondary N) is 2. The third-order valence-corrected chi connectivity index (χ3v) is 3.37. The lowest BCUT2D eigenvalue weighted by Crippen LogP contribution is -2.37. The molecule has 2 aromatic rings. The highest BCUT2D eigenvalue weighted by molar-refractivity contribution is 6.35. The van der Waals surface area contributed by atoms with Crippen molar-refractivity contribution in [2.75, 3.05) is 13.7 Å². The van der Waals surface area contributed by atoms with Gasteiger partial charge in [0.1, 0.15) is 0 Å². The molecule has 0 aromatic heterocycles. The maximum Gasteiger partial charge on any atom is 0.329 e. The Balaban J connectivity index is 1.87. The fraction of sp³-hybridized carbons (Fsp3) is 0.211. The minimum Gasteiger partial charge on any atom is -0.493 e. The lowest BCUT2D eigenvalue weighted by molar-refractivity contribution is -0.139. The molecule has 0 unspecified atom stereocenters. The Labute approximate surface area is 152 Å². The third-order valence-electron chi connectivity index (χ3n) is 3.37. The highest BCUT2D eigenvalue weighted by Crippen LogP contribution is 2.27. The van der Waals surface area contributed by atoms with Crippen LogP contribution in [0.25, 0.3) is 0 Å². The topological polar surface area (TPSA) is 89.0 Å². The summed E-state index contributed by atoms with van der Waals surface area (Å²) in [5, 5.41) is 6.32. The number of hydrogen-bond donors (Lipinski definition) is 2. The number of nitrogens with zero attached hydrogens (tertiary/aromatic N) is 1. The van der Waals surface area contributed by atoms with Crippen molar-refractivity contribution in [3.63, 3.8) is 0 Å². The van der Waals surface area contributed by atoms with Gasteiger partial charge in [0.2, 0.25) is 0 Å². The van der Waals surface area contributed by atoms with Crippen molar-refractivity contribution in [1.82, 2.24) is 10.7 Å². The van der Waals surface area contributed by atoms with E-state index in [2.05, 4.69) is 15.8 Å². The first-order valence-corrected chi connectivity index (χ1v) is 8.10. The van der Waals surface area contributed by atoms with Crippen LogP contribution in [0.2, 0.25) is 0 Å². The molecule has 0 aliphatic rings. The number of benzene rings is 2. The normalized spacial score (nSPS) is 10.4. The first-order chi connectivity index (χ1) is 12.6. The summed E-state index contributed by atoms with van der Waals surface area (Å²) >= 11 is 0. The summed E-state index contributed by atoms with van der Waals surface area (Å²) in [6.07, 6.45) is 1.42. The van der Waals surface area contributed by atoms with E-state index in [1.807, 2.05) is 37.3 Å². The molecule has 0 radical (unpaired) electrons. The van der Waals surface area contributed by atoms with Gasteiger partial charge in [-0.2, -0.15) is 5.10 Å². The number of hydrazone groups is 1. The zero-order valence-corrected chi connectivity index (χ0v) is 14.7. The van der Waals surface area contributed by atoms with Crippen LogP contribution in [0.4, 0.5) is 0 Å². The van der Waals surface area contributed by atoms with E-state index in [4.69, 9.17) is 9.47 Å². The van der Waals surface area contributed by atoms with Crippen LogP contribution in [0.15, 0.2) is 53.6 Å². The minimum absolute atomic E-state index is 0.271. The molecule has 0 fully saturated rings. The van der Waals surface area contributed by atoms with Crippen molar-refractivity contribution >= 4 is 18.0 Å². The summed E-state index contributed by atoms with van der Waals surface area (Å²) in [6, 6.07) is 14.5. The summed E-state index contributed by atoms with van der Waals surface area (Å²) in [5.74, 6) is -0.411. The second-order valence-electron chi connectivity index (χ2n) is 5.21. The molecule has 2 amide bonds. The zero-order chi connectivity index (χ0) is 18.8. The molecule has 0 heterocycles. The predicted molar refractivity (Wildman–Crippen MR) is 98.2 cm³/mol. The first-order valence-electron chi connectivity index (χ1n) is 8.10. The van der Waals surface area contributed by atoms with E-state index in [0.29, 0.717) is 23.7 Å². The number of amides is 2. The number of carbonyl (C=O) groups excluding carboxylic acids is 2. The van der Waals surface area contributed by atoms with E-state index in [-0.39, 0.29) is 6.54 Å². The highest BCUT2D eigenvalue weighted by atomic mass is 16.5. The summed E-state index contributed by atoms with van der Waals surface area (Å²) in [7, 11) is 1.56. The van der Waals surface area contributed by atoms with Crippen molar-refractivity contribution in [3.05, 3.63) is 59.7 Å². The van der Waals surface area contributed by atoms with Crippen molar-refractivity contribution in [3.8, 4) is 11.5 Å². The van der Waals surface area contributed by atoms with Crippen LogP contribution in [0.5, 0.6) is 11.5 Å². The van der Waals surface area contributed by atoms with Crippen molar-refractivity contribution < 1.29 is 19.1 Å². The first kappa shape index (κ1) is 19.0. The van der Waals surface area contributed by atoms with E-state index in [1.54, 1.807) is 25.3 Å². The van der Waals surface area contributed by atoms with Gasteiger partial charge in [-0.15, -0.1) is 0 Å². The number of carbonyl (C=O) groups is 2. The largest absolute Gasteiger partial charge is 0.493 e. The van der Waals surface area contributed by atoms with Crippen LogP contribution < -0.4 is 20.2 Å². The smallest absolute Gasteiger partial charge is 0.329 e. The lowest BCUT2D eigenvalue weighted by atomic mass is 10.2. The summed E-state index contributed by atoms with van der Waals surface area (Å²) < 4.78 is 10.7. The van der Waals surface area contributed by atoms with Gasteiger partial charge in [-0.25, -0.2) is 5.43 Å². The maximum absolute atomic E-state index is 11.7. The number of ether oxygens (including phenoxy) is 2. The molecular formula is C19H21N3O4. The Bertz CT molecular complexity index is 776. The Morgan fingerprint density at radius 1 is 1.08 bits per heavy atom. The van der Waals surface area contributed by atoms with E-state index < -0.39 is 11.8 Å². The lowest BCUT2D eigenvalue weighted by Gasteiger charge is -2.09. The number of hydrogen-bond acceptors (Lipinski definition) is 5. The third kappa shape index (κ3) is 5.62. The molecule has 7 nitrogen and oxygen atoms in total. The van der Waals surface area contributed by atoms with E-state index >= 15 is 0 Å². The molecule has 26 heavy (non-hydrogen) atoms. The number of rotatable bonds is 7. The van der Waals surface area contributed by atoms with Gasteiger partial charge in [0.25, 0.3) is 0 Å². The molecule has 0 bridgehead atoms. The SMILES string of the molecule is CCOc1cc(/C=N\NC(=O)C(=O)NCc2ccccc2)ccc1OC. The molecule has 136 valence electrons. The average molecular weight is 355 g/mol. The van der Waals surface area contributed by atoms with Crippen molar-refractivity contribution in [1.29, 1.82) is 0 Å². The van der Waals surface area contributed by atoms with Gasteiger partial charge >= 0.3 is 11.8 Å². The van der Waals surface area contributed by atoms with Gasteiger partial charge in [-0.05, 0) is 36.2 Å². The fourth-order valence-electron chi connectivity index (χ4n) is 2.12. The van der Waals surface area contributed by atoms with Crippen molar-refractivity contribution in [2.24, 2.45) is 5.10 Å². The Morgan fingerprint density at radius 2 is 1.85 bits per heavy atom. The van der Waals surface area contributed by atoms with Crippen molar-refractivity contribution in [2.45, 2.75) is 13.5 Å². The molecular weight excluding hydrogens is 334 g/mol. The average Bonchev–Trinajstić information content (AvgIpc) is 2.67. The molecule has 0 aliphatic heterocycles. The second-order valence-corrected chi connectivity index (χ2v) is 5.21. The van der Waals surface area contributed by atoms with Crippen LogP contribution in [-0.4, -0.2) is 31.7 Å².